The molecule has 0 heterocycles. The van der Waals surface area contributed by atoms with E-state index in [1.165, 1.54) is 25.7 Å². The van der Waals surface area contributed by atoms with Crippen LogP contribution in [-0.4, -0.2) is 24.3 Å². The molecule has 1 aliphatic carbocycles. The molecule has 2 unspecified atom stereocenters. The Labute approximate surface area is 75.4 Å². The summed E-state index contributed by atoms with van der Waals surface area (Å²) in [7, 11) is 1.98. The van der Waals surface area contributed by atoms with Crippen molar-refractivity contribution >= 4 is 0 Å². The summed E-state index contributed by atoms with van der Waals surface area (Å²) in [6.45, 7) is 2.51. The number of likely N-dealkylation sites (N-methyl/N-ethyl adjacent to an activating group) is 1. The van der Waals surface area contributed by atoms with E-state index in [0.29, 0.717) is 12.5 Å². The van der Waals surface area contributed by atoms with Gasteiger partial charge in [-0.3, -0.25) is 0 Å². The highest BCUT2D eigenvalue weighted by Gasteiger charge is 2.37. The van der Waals surface area contributed by atoms with Crippen molar-refractivity contribution in [1.82, 2.24) is 5.32 Å². The Kier molecular flexibility index (Phi) is 3.53. The van der Waals surface area contributed by atoms with Gasteiger partial charge >= 0.3 is 0 Å². The van der Waals surface area contributed by atoms with Crippen molar-refractivity contribution < 1.29 is 5.11 Å². The van der Waals surface area contributed by atoms with Crippen LogP contribution in [0.3, 0.4) is 0 Å². The Bertz CT molecular complexity index is 132. The number of rotatable bonds is 3. The van der Waals surface area contributed by atoms with E-state index < -0.39 is 0 Å². The third kappa shape index (κ3) is 1.64. The van der Waals surface area contributed by atoms with E-state index in [-0.39, 0.29) is 5.54 Å². The van der Waals surface area contributed by atoms with Gasteiger partial charge in [-0.15, -0.1) is 0 Å². The van der Waals surface area contributed by atoms with E-state index in [2.05, 4.69) is 12.2 Å². The maximum atomic E-state index is 9.38. The van der Waals surface area contributed by atoms with Gasteiger partial charge in [0.1, 0.15) is 0 Å². The maximum Gasteiger partial charge on any atom is 0.0615 e. The largest absolute Gasteiger partial charge is 0.394 e. The van der Waals surface area contributed by atoms with Crippen molar-refractivity contribution in [3.05, 3.63) is 0 Å². The van der Waals surface area contributed by atoms with Crippen molar-refractivity contribution in [3.63, 3.8) is 0 Å². The second kappa shape index (κ2) is 4.24. The van der Waals surface area contributed by atoms with E-state index in [0.717, 1.165) is 6.42 Å². The smallest absolute Gasteiger partial charge is 0.0615 e. The van der Waals surface area contributed by atoms with Gasteiger partial charge in [0.05, 0.1) is 6.61 Å². The van der Waals surface area contributed by atoms with Crippen LogP contribution in [-0.2, 0) is 0 Å². The molecule has 1 aliphatic rings. The van der Waals surface area contributed by atoms with Crippen LogP contribution in [0.5, 0.6) is 0 Å². The minimum Gasteiger partial charge on any atom is -0.394 e. The summed E-state index contributed by atoms with van der Waals surface area (Å²) >= 11 is 0. The maximum absolute atomic E-state index is 9.38. The molecule has 0 amide bonds. The average Bonchev–Trinajstić information content (AvgIpc) is 2.17. The highest BCUT2D eigenvalue weighted by atomic mass is 16.3. The molecule has 1 fully saturated rings. The summed E-state index contributed by atoms with van der Waals surface area (Å²) in [5, 5.41) is 12.7. The Morgan fingerprint density at radius 1 is 1.50 bits per heavy atom. The monoisotopic (exact) mass is 171 g/mol. The summed E-state index contributed by atoms with van der Waals surface area (Å²) < 4.78 is 0. The van der Waals surface area contributed by atoms with Gasteiger partial charge in [0.15, 0.2) is 0 Å². The molecule has 72 valence electrons. The number of hydrogen-bond acceptors (Lipinski definition) is 2. The fourth-order valence-corrected chi connectivity index (χ4v) is 2.52. The fourth-order valence-electron chi connectivity index (χ4n) is 2.52. The first-order chi connectivity index (χ1) is 5.79. The van der Waals surface area contributed by atoms with E-state index in [9.17, 15) is 5.11 Å². The number of aliphatic hydroxyl groups is 1. The van der Waals surface area contributed by atoms with E-state index in [1.54, 1.807) is 0 Å². The van der Waals surface area contributed by atoms with Gasteiger partial charge in [0, 0.05) is 5.54 Å². The third-order valence-electron chi connectivity index (χ3n) is 3.48. The van der Waals surface area contributed by atoms with Gasteiger partial charge in [-0.1, -0.05) is 26.2 Å². The van der Waals surface area contributed by atoms with Crippen LogP contribution in [0.4, 0.5) is 0 Å². The molecule has 0 aromatic carbocycles. The van der Waals surface area contributed by atoms with Gasteiger partial charge in [-0.2, -0.15) is 0 Å². The molecule has 0 radical (unpaired) electrons. The molecule has 0 saturated heterocycles. The molecule has 1 rings (SSSR count). The van der Waals surface area contributed by atoms with Gasteiger partial charge in [-0.05, 0) is 25.8 Å². The fraction of sp³-hybridized carbons (Fsp3) is 1.00. The molecular formula is C10H21NO. The Balaban J connectivity index is 2.66. The van der Waals surface area contributed by atoms with Crippen LogP contribution in [0.25, 0.3) is 0 Å². The van der Waals surface area contributed by atoms with Gasteiger partial charge in [-0.25, -0.2) is 0 Å². The SMILES string of the molecule is CCC1CCCCC1(CO)NC. The Hall–Kier alpha value is -0.0800. The highest BCUT2D eigenvalue weighted by Crippen LogP contribution is 2.35. The lowest BCUT2D eigenvalue weighted by atomic mass is 9.72. The Morgan fingerprint density at radius 3 is 2.67 bits per heavy atom. The second-order valence-electron chi connectivity index (χ2n) is 3.92. The molecule has 2 atom stereocenters. The van der Waals surface area contributed by atoms with Crippen molar-refractivity contribution in [3.8, 4) is 0 Å². The zero-order valence-corrected chi connectivity index (χ0v) is 8.27. The first kappa shape index (κ1) is 10.0. The first-order valence-corrected chi connectivity index (χ1v) is 5.09. The minimum atomic E-state index is 0.0347. The first-order valence-electron chi connectivity index (χ1n) is 5.09. The molecule has 12 heavy (non-hydrogen) atoms. The summed E-state index contributed by atoms with van der Waals surface area (Å²) in [5.74, 6) is 0.668. The predicted octanol–water partition coefficient (Wildman–Crippen LogP) is 1.54. The molecule has 0 aromatic heterocycles. The van der Waals surface area contributed by atoms with Crippen LogP contribution in [0.1, 0.15) is 39.0 Å². The molecule has 0 bridgehead atoms. The Morgan fingerprint density at radius 2 is 2.25 bits per heavy atom. The molecule has 2 nitrogen and oxygen atoms in total. The van der Waals surface area contributed by atoms with E-state index in [4.69, 9.17) is 0 Å². The molecule has 1 saturated carbocycles. The molecule has 2 heteroatoms. The van der Waals surface area contributed by atoms with Crippen LogP contribution in [0.2, 0.25) is 0 Å². The van der Waals surface area contributed by atoms with Crippen LogP contribution >= 0.6 is 0 Å². The third-order valence-corrected chi connectivity index (χ3v) is 3.48. The van der Waals surface area contributed by atoms with E-state index in [1.807, 2.05) is 7.05 Å². The molecule has 0 spiro atoms. The van der Waals surface area contributed by atoms with Crippen LogP contribution in [0.15, 0.2) is 0 Å². The number of nitrogens with one attached hydrogen (secondary N) is 1. The van der Waals surface area contributed by atoms with Crippen molar-refractivity contribution in [2.24, 2.45) is 5.92 Å². The second-order valence-corrected chi connectivity index (χ2v) is 3.92. The topological polar surface area (TPSA) is 32.3 Å². The zero-order chi connectivity index (χ0) is 9.03. The highest BCUT2D eigenvalue weighted by molar-refractivity contribution is 4.95. The molecule has 0 aliphatic heterocycles. The van der Waals surface area contributed by atoms with Crippen LogP contribution < -0.4 is 5.32 Å². The standard InChI is InChI=1S/C10H21NO/c1-3-9-6-4-5-7-10(9,8-12)11-2/h9,11-12H,3-8H2,1-2H3. The molecule has 2 N–H and O–H groups in total. The van der Waals surface area contributed by atoms with Gasteiger partial charge in [0.25, 0.3) is 0 Å². The summed E-state index contributed by atoms with van der Waals surface area (Å²) in [4.78, 5) is 0. The van der Waals surface area contributed by atoms with Crippen LogP contribution in [0, 0.1) is 5.92 Å². The van der Waals surface area contributed by atoms with Crippen molar-refractivity contribution in [1.29, 1.82) is 0 Å². The molecule has 0 aromatic rings. The lowest BCUT2D eigenvalue weighted by Gasteiger charge is -2.42. The van der Waals surface area contributed by atoms with Crippen molar-refractivity contribution in [2.75, 3.05) is 13.7 Å². The number of hydrogen-bond donors (Lipinski definition) is 2. The minimum absolute atomic E-state index is 0.0347. The lowest BCUT2D eigenvalue weighted by Crippen LogP contribution is -2.54. The number of aliphatic hydroxyl groups excluding tert-OH is 1. The van der Waals surface area contributed by atoms with Gasteiger partial charge in [0.2, 0.25) is 0 Å². The quantitative estimate of drug-likeness (QED) is 0.675. The zero-order valence-electron chi connectivity index (χ0n) is 8.27. The summed E-state index contributed by atoms with van der Waals surface area (Å²) in [6, 6.07) is 0. The van der Waals surface area contributed by atoms with Crippen molar-refractivity contribution in [2.45, 2.75) is 44.6 Å². The lowest BCUT2D eigenvalue weighted by molar-refractivity contribution is 0.0707. The average molecular weight is 171 g/mol. The predicted molar refractivity (Wildman–Crippen MR) is 51.1 cm³/mol. The molecular weight excluding hydrogens is 150 g/mol. The summed E-state index contributed by atoms with van der Waals surface area (Å²) in [6.07, 6.45) is 6.19. The summed E-state index contributed by atoms with van der Waals surface area (Å²) in [5.41, 5.74) is 0.0347. The van der Waals surface area contributed by atoms with Gasteiger partial charge < -0.3 is 10.4 Å². The van der Waals surface area contributed by atoms with E-state index >= 15 is 0 Å². The normalized spacial score (nSPS) is 36.8.